The zero-order chi connectivity index (χ0) is 17.9. The summed E-state index contributed by atoms with van der Waals surface area (Å²) in [7, 11) is 1.52. The van der Waals surface area contributed by atoms with Gasteiger partial charge in [-0.1, -0.05) is 38.1 Å². The minimum Gasteiger partial charge on any atom is -0.353 e. The van der Waals surface area contributed by atoms with Gasteiger partial charge in [0.1, 0.15) is 13.1 Å². The Kier molecular flexibility index (Phi) is 7.38. The molecule has 0 bridgehead atoms. The van der Waals surface area contributed by atoms with Crippen molar-refractivity contribution in [3.63, 3.8) is 0 Å². The van der Waals surface area contributed by atoms with Crippen molar-refractivity contribution < 1.29 is 14.4 Å². The highest BCUT2D eigenvalue weighted by Gasteiger charge is 2.34. The molecule has 1 saturated heterocycles. The number of imide groups is 1. The Morgan fingerprint density at radius 2 is 1.76 bits per heavy atom. The molecular weight excluding hydrogens is 344 g/mol. The van der Waals surface area contributed by atoms with Crippen LogP contribution in [0, 0.1) is 0 Å². The van der Waals surface area contributed by atoms with Crippen molar-refractivity contribution in [3.8, 4) is 0 Å². The Hall–Kier alpha value is -2.12. The number of likely N-dealkylation sites (N-methyl/N-ethyl adjacent to an activating group) is 1. The second-order valence-electron chi connectivity index (χ2n) is 6.35. The van der Waals surface area contributed by atoms with Gasteiger partial charge >= 0.3 is 6.03 Å². The topological polar surface area (TPSA) is 95.7 Å². The molecule has 1 heterocycles. The molecule has 1 aliphatic heterocycles. The summed E-state index contributed by atoms with van der Waals surface area (Å²) in [5.41, 5.74) is 8.23. The standard InChI is InChI=1S/C17H24N4O3.ClH/c1-11(2)12-4-6-13(7-5-12)14(18)8-19-15(22)9-21-16(23)10-20(3)17(21)24;/h4-7,11,14H,8-10,18H2,1-3H3,(H,19,22);1H. The lowest BCUT2D eigenvalue weighted by Crippen LogP contribution is -2.42. The predicted molar refractivity (Wildman–Crippen MR) is 97.5 cm³/mol. The van der Waals surface area contributed by atoms with E-state index in [1.807, 2.05) is 24.3 Å². The lowest BCUT2D eigenvalue weighted by Gasteiger charge is -2.17. The smallest absolute Gasteiger partial charge is 0.327 e. The first-order valence-corrected chi connectivity index (χ1v) is 7.97. The largest absolute Gasteiger partial charge is 0.353 e. The number of amides is 4. The highest BCUT2D eigenvalue weighted by molar-refractivity contribution is 6.04. The number of nitrogens with zero attached hydrogens (tertiary/aromatic N) is 2. The third-order valence-electron chi connectivity index (χ3n) is 4.08. The van der Waals surface area contributed by atoms with E-state index >= 15 is 0 Å². The van der Waals surface area contributed by atoms with E-state index in [1.54, 1.807) is 0 Å². The number of carbonyl (C=O) groups excluding carboxylic acids is 3. The van der Waals surface area contributed by atoms with Crippen LogP contribution in [-0.4, -0.2) is 54.3 Å². The number of hydrogen-bond donors (Lipinski definition) is 2. The summed E-state index contributed by atoms with van der Waals surface area (Å²) in [5, 5.41) is 2.67. The number of nitrogens with two attached hydrogens (primary N) is 1. The average Bonchev–Trinajstić information content (AvgIpc) is 2.79. The van der Waals surface area contributed by atoms with Crippen LogP contribution in [0.5, 0.6) is 0 Å². The lowest BCUT2D eigenvalue weighted by molar-refractivity contribution is -0.130. The molecule has 1 aliphatic rings. The van der Waals surface area contributed by atoms with E-state index in [-0.39, 0.29) is 44.0 Å². The quantitative estimate of drug-likeness (QED) is 0.738. The molecule has 3 N–H and O–H groups in total. The maximum absolute atomic E-state index is 11.9. The molecule has 1 atom stereocenters. The molecule has 1 fully saturated rings. The Morgan fingerprint density at radius 3 is 2.24 bits per heavy atom. The highest BCUT2D eigenvalue weighted by atomic mass is 35.5. The SMILES string of the molecule is CC(C)c1ccc(C(N)CNC(=O)CN2C(=O)CN(C)C2=O)cc1.Cl. The van der Waals surface area contributed by atoms with E-state index in [2.05, 4.69) is 19.2 Å². The van der Waals surface area contributed by atoms with Crippen LogP contribution in [0.15, 0.2) is 24.3 Å². The monoisotopic (exact) mass is 368 g/mol. The van der Waals surface area contributed by atoms with Crippen molar-refractivity contribution >= 4 is 30.3 Å². The minimum atomic E-state index is -0.455. The van der Waals surface area contributed by atoms with Crippen molar-refractivity contribution in [1.82, 2.24) is 15.1 Å². The summed E-state index contributed by atoms with van der Waals surface area (Å²) >= 11 is 0. The normalized spacial score (nSPS) is 15.4. The van der Waals surface area contributed by atoms with Crippen LogP contribution < -0.4 is 11.1 Å². The van der Waals surface area contributed by atoms with E-state index < -0.39 is 11.9 Å². The summed E-state index contributed by atoms with van der Waals surface area (Å²) in [4.78, 5) is 37.5. The predicted octanol–water partition coefficient (Wildman–Crippen LogP) is 1.24. The van der Waals surface area contributed by atoms with E-state index in [9.17, 15) is 14.4 Å². The van der Waals surface area contributed by atoms with Gasteiger partial charge in [-0.3, -0.25) is 14.5 Å². The van der Waals surface area contributed by atoms with Crippen LogP contribution in [-0.2, 0) is 9.59 Å². The fraction of sp³-hybridized carbons (Fsp3) is 0.471. The molecule has 25 heavy (non-hydrogen) atoms. The Bertz CT molecular complexity index is 633. The summed E-state index contributed by atoms with van der Waals surface area (Å²) in [5.74, 6) is -0.323. The molecule has 1 unspecified atom stereocenters. The van der Waals surface area contributed by atoms with Crippen molar-refractivity contribution in [2.24, 2.45) is 5.73 Å². The van der Waals surface area contributed by atoms with Gasteiger partial charge in [0.15, 0.2) is 0 Å². The molecule has 0 spiro atoms. The fourth-order valence-corrected chi connectivity index (χ4v) is 2.49. The third kappa shape index (κ3) is 5.17. The van der Waals surface area contributed by atoms with Crippen LogP contribution in [0.1, 0.15) is 36.9 Å². The van der Waals surface area contributed by atoms with Gasteiger partial charge in [-0.2, -0.15) is 0 Å². The molecule has 7 nitrogen and oxygen atoms in total. The van der Waals surface area contributed by atoms with Crippen LogP contribution in [0.4, 0.5) is 4.79 Å². The number of carbonyl (C=O) groups is 3. The van der Waals surface area contributed by atoms with E-state index in [0.29, 0.717) is 5.92 Å². The summed E-state index contributed by atoms with van der Waals surface area (Å²) in [6.45, 7) is 4.21. The molecule has 0 aliphatic carbocycles. The second kappa shape index (κ2) is 8.82. The number of rotatable bonds is 6. The molecule has 4 amide bonds. The van der Waals surface area contributed by atoms with E-state index in [1.165, 1.54) is 17.5 Å². The highest BCUT2D eigenvalue weighted by Crippen LogP contribution is 2.17. The van der Waals surface area contributed by atoms with Crippen LogP contribution in [0.2, 0.25) is 0 Å². The van der Waals surface area contributed by atoms with Gasteiger partial charge in [-0.25, -0.2) is 4.79 Å². The summed E-state index contributed by atoms with van der Waals surface area (Å²) in [6.07, 6.45) is 0. The maximum Gasteiger partial charge on any atom is 0.327 e. The van der Waals surface area contributed by atoms with Crippen LogP contribution >= 0.6 is 12.4 Å². The number of nitrogens with one attached hydrogen (secondary N) is 1. The number of urea groups is 1. The van der Waals surface area contributed by atoms with Crippen molar-refractivity contribution in [3.05, 3.63) is 35.4 Å². The van der Waals surface area contributed by atoms with Gasteiger partial charge in [0.05, 0.1) is 0 Å². The molecule has 0 aromatic heterocycles. The van der Waals surface area contributed by atoms with Crippen molar-refractivity contribution in [2.75, 3.05) is 26.7 Å². The third-order valence-corrected chi connectivity index (χ3v) is 4.08. The van der Waals surface area contributed by atoms with Gasteiger partial charge in [-0.15, -0.1) is 12.4 Å². The van der Waals surface area contributed by atoms with Gasteiger partial charge in [0, 0.05) is 19.6 Å². The Balaban J connectivity index is 0.00000312. The minimum absolute atomic E-state index is 0. The maximum atomic E-state index is 11.9. The number of benzene rings is 1. The Morgan fingerprint density at radius 1 is 1.20 bits per heavy atom. The summed E-state index contributed by atoms with van der Waals surface area (Å²) < 4.78 is 0. The van der Waals surface area contributed by atoms with E-state index in [4.69, 9.17) is 5.73 Å². The van der Waals surface area contributed by atoms with Gasteiger partial charge in [-0.05, 0) is 17.0 Å². The molecule has 1 aromatic rings. The number of halogens is 1. The van der Waals surface area contributed by atoms with Crippen molar-refractivity contribution in [1.29, 1.82) is 0 Å². The van der Waals surface area contributed by atoms with Crippen LogP contribution in [0.3, 0.4) is 0 Å². The molecule has 138 valence electrons. The molecular formula is C17H25ClN4O3. The second-order valence-corrected chi connectivity index (χ2v) is 6.35. The Labute approximate surface area is 153 Å². The molecule has 2 rings (SSSR count). The summed E-state index contributed by atoms with van der Waals surface area (Å²) in [6, 6.07) is 7.16. The van der Waals surface area contributed by atoms with Gasteiger partial charge in [0.2, 0.25) is 5.91 Å². The van der Waals surface area contributed by atoms with E-state index in [0.717, 1.165) is 10.5 Å². The van der Waals surface area contributed by atoms with Gasteiger partial charge in [0.25, 0.3) is 5.91 Å². The van der Waals surface area contributed by atoms with Crippen LogP contribution in [0.25, 0.3) is 0 Å². The average molecular weight is 369 g/mol. The first-order valence-electron chi connectivity index (χ1n) is 7.97. The molecule has 1 aromatic carbocycles. The lowest BCUT2D eigenvalue weighted by atomic mass is 9.99. The fourth-order valence-electron chi connectivity index (χ4n) is 2.49. The zero-order valence-corrected chi connectivity index (χ0v) is 15.5. The van der Waals surface area contributed by atoms with Crippen molar-refractivity contribution in [2.45, 2.75) is 25.8 Å². The first kappa shape index (κ1) is 20.9. The molecule has 8 heteroatoms. The first-order chi connectivity index (χ1) is 11.3. The zero-order valence-electron chi connectivity index (χ0n) is 14.7. The molecule has 0 radical (unpaired) electrons. The van der Waals surface area contributed by atoms with Gasteiger partial charge < -0.3 is 16.0 Å². The molecule has 0 saturated carbocycles. The number of hydrogen-bond acceptors (Lipinski definition) is 4.